The van der Waals surface area contributed by atoms with Gasteiger partial charge in [0.15, 0.2) is 0 Å². The van der Waals surface area contributed by atoms with E-state index in [-0.39, 0.29) is 11.8 Å². The SMILES string of the molecule is NC(=O)C1CCN(c2cncc(-c3cccc(C=CC(=O)O)c3)n2)CC1. The van der Waals surface area contributed by atoms with Gasteiger partial charge in [-0.2, -0.15) is 0 Å². The fourth-order valence-electron chi connectivity index (χ4n) is 3.01. The normalized spacial score (nSPS) is 15.3. The van der Waals surface area contributed by atoms with E-state index in [1.165, 1.54) is 6.08 Å². The second kappa shape index (κ2) is 7.77. The number of hydrogen-bond donors (Lipinski definition) is 2. The highest BCUT2D eigenvalue weighted by atomic mass is 16.4. The molecule has 1 aliphatic heterocycles. The molecule has 0 radical (unpaired) electrons. The predicted molar refractivity (Wildman–Crippen MR) is 98.3 cm³/mol. The van der Waals surface area contributed by atoms with E-state index >= 15 is 0 Å². The van der Waals surface area contributed by atoms with Crippen molar-refractivity contribution in [1.82, 2.24) is 9.97 Å². The number of benzene rings is 1. The number of amides is 1. The molecular formula is C19H20N4O3. The van der Waals surface area contributed by atoms with Gasteiger partial charge in [-0.1, -0.05) is 18.2 Å². The Hall–Kier alpha value is -3.22. The van der Waals surface area contributed by atoms with E-state index in [0.717, 1.165) is 35.9 Å². The van der Waals surface area contributed by atoms with Crippen LogP contribution in [0, 0.1) is 5.92 Å². The van der Waals surface area contributed by atoms with Crippen molar-refractivity contribution in [3.63, 3.8) is 0 Å². The van der Waals surface area contributed by atoms with Crippen molar-refractivity contribution in [2.45, 2.75) is 12.8 Å². The van der Waals surface area contributed by atoms with Gasteiger partial charge in [0.2, 0.25) is 5.91 Å². The Kier molecular flexibility index (Phi) is 5.26. The van der Waals surface area contributed by atoms with Crippen molar-refractivity contribution < 1.29 is 14.7 Å². The molecule has 0 atom stereocenters. The summed E-state index contributed by atoms with van der Waals surface area (Å²) in [4.78, 5) is 33.0. The minimum atomic E-state index is -0.989. The smallest absolute Gasteiger partial charge is 0.328 e. The van der Waals surface area contributed by atoms with Crippen molar-refractivity contribution >= 4 is 23.8 Å². The molecule has 1 aromatic heterocycles. The summed E-state index contributed by atoms with van der Waals surface area (Å²) in [5, 5.41) is 8.75. The number of piperidine rings is 1. The minimum absolute atomic E-state index is 0.0694. The van der Waals surface area contributed by atoms with E-state index in [0.29, 0.717) is 18.8 Å². The molecule has 0 spiro atoms. The van der Waals surface area contributed by atoms with Crippen LogP contribution >= 0.6 is 0 Å². The fourth-order valence-corrected chi connectivity index (χ4v) is 3.01. The van der Waals surface area contributed by atoms with Crippen LogP contribution in [-0.2, 0) is 9.59 Å². The van der Waals surface area contributed by atoms with E-state index < -0.39 is 5.97 Å². The number of rotatable bonds is 5. The maximum atomic E-state index is 11.3. The molecule has 2 aromatic rings. The van der Waals surface area contributed by atoms with Crippen LogP contribution in [0.5, 0.6) is 0 Å². The number of nitrogens with two attached hydrogens (primary N) is 1. The Balaban J connectivity index is 1.79. The molecule has 0 aliphatic carbocycles. The molecule has 0 unspecified atom stereocenters. The molecule has 134 valence electrons. The van der Waals surface area contributed by atoms with Gasteiger partial charge >= 0.3 is 5.97 Å². The summed E-state index contributed by atoms with van der Waals surface area (Å²) in [6, 6.07) is 7.45. The van der Waals surface area contributed by atoms with Crippen LogP contribution in [0.1, 0.15) is 18.4 Å². The summed E-state index contributed by atoms with van der Waals surface area (Å²) in [7, 11) is 0. The molecule has 3 rings (SSSR count). The lowest BCUT2D eigenvalue weighted by molar-refractivity contribution is -0.131. The van der Waals surface area contributed by atoms with Crippen molar-refractivity contribution in [1.29, 1.82) is 0 Å². The van der Waals surface area contributed by atoms with Crippen LogP contribution in [0.3, 0.4) is 0 Å². The first-order valence-corrected chi connectivity index (χ1v) is 8.40. The highest BCUT2D eigenvalue weighted by Crippen LogP contribution is 2.24. The van der Waals surface area contributed by atoms with Gasteiger partial charge in [0.1, 0.15) is 5.82 Å². The zero-order valence-corrected chi connectivity index (χ0v) is 14.2. The van der Waals surface area contributed by atoms with Crippen molar-refractivity contribution in [3.05, 3.63) is 48.3 Å². The lowest BCUT2D eigenvalue weighted by atomic mass is 9.96. The van der Waals surface area contributed by atoms with Crippen LogP contribution in [0.15, 0.2) is 42.7 Å². The summed E-state index contributed by atoms with van der Waals surface area (Å²) in [5.74, 6) is -0.538. The standard InChI is InChI=1S/C19H20N4O3/c20-19(26)14-6-8-23(9-7-14)17-12-21-11-16(22-17)15-3-1-2-13(10-15)4-5-18(24)25/h1-5,10-12,14H,6-9H2,(H2,20,26)(H,24,25). The fraction of sp³-hybridized carbons (Fsp3) is 0.263. The first-order chi connectivity index (χ1) is 12.5. The Morgan fingerprint density at radius 1 is 1.23 bits per heavy atom. The molecule has 3 N–H and O–H groups in total. The summed E-state index contributed by atoms with van der Waals surface area (Å²) in [6.45, 7) is 1.43. The monoisotopic (exact) mass is 352 g/mol. The van der Waals surface area contributed by atoms with E-state index in [4.69, 9.17) is 10.8 Å². The topological polar surface area (TPSA) is 109 Å². The number of carboxylic acids is 1. The maximum absolute atomic E-state index is 11.3. The van der Waals surface area contributed by atoms with E-state index in [2.05, 4.69) is 14.9 Å². The van der Waals surface area contributed by atoms with Gasteiger partial charge in [0.25, 0.3) is 0 Å². The number of carbonyl (C=O) groups is 2. The van der Waals surface area contributed by atoms with E-state index in [1.54, 1.807) is 12.4 Å². The van der Waals surface area contributed by atoms with Crippen LogP contribution in [0.2, 0.25) is 0 Å². The molecule has 1 amide bonds. The maximum Gasteiger partial charge on any atom is 0.328 e. The lowest BCUT2D eigenvalue weighted by Crippen LogP contribution is -2.39. The van der Waals surface area contributed by atoms with E-state index in [1.807, 2.05) is 24.3 Å². The third kappa shape index (κ3) is 4.24. The molecule has 1 aromatic carbocycles. The van der Waals surface area contributed by atoms with Crippen LogP contribution in [0.4, 0.5) is 5.82 Å². The predicted octanol–water partition coefficient (Wildman–Crippen LogP) is 1.94. The van der Waals surface area contributed by atoms with Gasteiger partial charge in [0.05, 0.1) is 18.1 Å². The van der Waals surface area contributed by atoms with E-state index in [9.17, 15) is 9.59 Å². The Bertz CT molecular complexity index is 842. The Morgan fingerprint density at radius 3 is 2.69 bits per heavy atom. The first kappa shape index (κ1) is 17.6. The van der Waals surface area contributed by atoms with Gasteiger partial charge < -0.3 is 15.7 Å². The number of aliphatic carboxylic acids is 1. The summed E-state index contributed by atoms with van der Waals surface area (Å²) >= 11 is 0. The van der Waals surface area contributed by atoms with Crippen LogP contribution in [-0.4, -0.2) is 40.0 Å². The first-order valence-electron chi connectivity index (χ1n) is 8.40. The lowest BCUT2D eigenvalue weighted by Gasteiger charge is -2.31. The van der Waals surface area contributed by atoms with Gasteiger partial charge in [0, 0.05) is 30.6 Å². The number of primary amides is 1. The highest BCUT2D eigenvalue weighted by Gasteiger charge is 2.24. The van der Waals surface area contributed by atoms with Crippen molar-refractivity contribution in [2.24, 2.45) is 11.7 Å². The molecule has 1 aliphatic rings. The molecule has 0 saturated carbocycles. The average Bonchev–Trinajstić information content (AvgIpc) is 2.67. The number of carboxylic acid groups (broad SMARTS) is 1. The second-order valence-corrected chi connectivity index (χ2v) is 6.22. The second-order valence-electron chi connectivity index (χ2n) is 6.22. The van der Waals surface area contributed by atoms with Crippen molar-refractivity contribution in [2.75, 3.05) is 18.0 Å². The molecule has 0 bridgehead atoms. The summed E-state index contributed by atoms with van der Waals surface area (Å²) in [6.07, 6.45) is 7.47. The molecule has 2 heterocycles. The zero-order valence-electron chi connectivity index (χ0n) is 14.2. The highest BCUT2D eigenvalue weighted by molar-refractivity contribution is 5.85. The van der Waals surface area contributed by atoms with Crippen LogP contribution < -0.4 is 10.6 Å². The Morgan fingerprint density at radius 2 is 2.00 bits per heavy atom. The quantitative estimate of drug-likeness (QED) is 0.796. The largest absolute Gasteiger partial charge is 0.478 e. The molecule has 7 nitrogen and oxygen atoms in total. The number of carbonyl (C=O) groups excluding carboxylic acids is 1. The third-order valence-electron chi connectivity index (χ3n) is 4.44. The minimum Gasteiger partial charge on any atom is -0.478 e. The van der Waals surface area contributed by atoms with Gasteiger partial charge in [-0.25, -0.2) is 9.78 Å². The number of nitrogens with zero attached hydrogens (tertiary/aromatic N) is 3. The summed E-state index contributed by atoms with van der Waals surface area (Å²) < 4.78 is 0. The number of anilines is 1. The zero-order chi connectivity index (χ0) is 18.5. The van der Waals surface area contributed by atoms with Crippen molar-refractivity contribution in [3.8, 4) is 11.3 Å². The van der Waals surface area contributed by atoms with Gasteiger partial charge in [-0.15, -0.1) is 0 Å². The molecule has 26 heavy (non-hydrogen) atoms. The Labute approximate surface area is 151 Å². The third-order valence-corrected chi connectivity index (χ3v) is 4.44. The average molecular weight is 352 g/mol. The molecule has 7 heteroatoms. The molecule has 1 fully saturated rings. The van der Waals surface area contributed by atoms with Gasteiger partial charge in [-0.3, -0.25) is 9.78 Å². The number of hydrogen-bond acceptors (Lipinski definition) is 5. The number of aromatic nitrogens is 2. The molecular weight excluding hydrogens is 332 g/mol. The summed E-state index contributed by atoms with van der Waals surface area (Å²) in [5.41, 5.74) is 7.73. The molecule has 1 saturated heterocycles. The van der Waals surface area contributed by atoms with Gasteiger partial charge in [-0.05, 0) is 30.5 Å². The van der Waals surface area contributed by atoms with Crippen LogP contribution in [0.25, 0.3) is 17.3 Å².